The second-order valence-electron chi connectivity index (χ2n) is 4.46. The van der Waals surface area contributed by atoms with E-state index in [0.29, 0.717) is 17.9 Å². The highest BCUT2D eigenvalue weighted by Gasteiger charge is 2.14. The van der Waals surface area contributed by atoms with E-state index < -0.39 is 11.9 Å². The summed E-state index contributed by atoms with van der Waals surface area (Å²) in [7, 11) is 3.06. The molecule has 2 aromatic carbocycles. The van der Waals surface area contributed by atoms with E-state index in [1.54, 1.807) is 19.2 Å². The lowest BCUT2D eigenvalue weighted by Crippen LogP contribution is -2.05. The number of hydrogen-bond donors (Lipinski definition) is 1. The molecule has 0 amide bonds. The quantitative estimate of drug-likeness (QED) is 0.912. The number of benzene rings is 2. The van der Waals surface area contributed by atoms with Gasteiger partial charge in [-0.1, -0.05) is 12.1 Å². The molecule has 0 aromatic heterocycles. The van der Waals surface area contributed by atoms with Crippen LogP contribution in [0.4, 0.5) is 4.39 Å². The van der Waals surface area contributed by atoms with E-state index in [9.17, 15) is 9.50 Å². The minimum Gasteiger partial charge on any atom is -0.497 e. The first kappa shape index (κ1) is 14.3. The van der Waals surface area contributed by atoms with E-state index in [1.807, 2.05) is 24.3 Å². The first-order valence-corrected chi connectivity index (χ1v) is 6.28. The Morgan fingerprint density at radius 2 is 1.75 bits per heavy atom. The molecule has 1 atom stereocenters. The first-order valence-electron chi connectivity index (χ1n) is 6.28. The SMILES string of the molecule is COc1cccc(CC(O)c2ccc(OC)cc2F)c1. The summed E-state index contributed by atoms with van der Waals surface area (Å²) in [5.74, 6) is 0.671. The summed E-state index contributed by atoms with van der Waals surface area (Å²) in [4.78, 5) is 0. The number of aliphatic hydroxyl groups excluding tert-OH is 1. The third kappa shape index (κ3) is 3.27. The summed E-state index contributed by atoms with van der Waals surface area (Å²) in [6, 6.07) is 11.8. The highest BCUT2D eigenvalue weighted by Crippen LogP contribution is 2.25. The van der Waals surface area contributed by atoms with Crippen LogP contribution in [0.25, 0.3) is 0 Å². The summed E-state index contributed by atoms with van der Waals surface area (Å²) in [6.45, 7) is 0. The molecule has 2 rings (SSSR count). The van der Waals surface area contributed by atoms with Gasteiger partial charge in [0.1, 0.15) is 17.3 Å². The molecule has 0 heterocycles. The third-order valence-electron chi connectivity index (χ3n) is 3.13. The molecule has 0 aliphatic rings. The zero-order chi connectivity index (χ0) is 14.5. The van der Waals surface area contributed by atoms with E-state index in [0.717, 1.165) is 5.56 Å². The molecular formula is C16H17FO3. The van der Waals surface area contributed by atoms with Crippen molar-refractivity contribution in [2.45, 2.75) is 12.5 Å². The maximum absolute atomic E-state index is 13.9. The second-order valence-corrected chi connectivity index (χ2v) is 4.46. The lowest BCUT2D eigenvalue weighted by molar-refractivity contribution is 0.173. The molecule has 0 spiro atoms. The van der Waals surface area contributed by atoms with Gasteiger partial charge in [0.15, 0.2) is 0 Å². The molecule has 106 valence electrons. The van der Waals surface area contributed by atoms with Crippen molar-refractivity contribution in [3.8, 4) is 11.5 Å². The van der Waals surface area contributed by atoms with Gasteiger partial charge >= 0.3 is 0 Å². The van der Waals surface area contributed by atoms with Crippen LogP contribution < -0.4 is 9.47 Å². The maximum atomic E-state index is 13.9. The molecular weight excluding hydrogens is 259 g/mol. The van der Waals surface area contributed by atoms with Gasteiger partial charge in [-0.3, -0.25) is 0 Å². The lowest BCUT2D eigenvalue weighted by atomic mass is 10.0. The minimum absolute atomic E-state index is 0.258. The smallest absolute Gasteiger partial charge is 0.132 e. The van der Waals surface area contributed by atoms with Gasteiger partial charge in [-0.05, 0) is 29.8 Å². The van der Waals surface area contributed by atoms with Crippen LogP contribution in [0, 0.1) is 5.82 Å². The molecule has 3 nitrogen and oxygen atoms in total. The van der Waals surface area contributed by atoms with Gasteiger partial charge in [0.2, 0.25) is 0 Å². The fraction of sp³-hybridized carbons (Fsp3) is 0.250. The third-order valence-corrected chi connectivity index (χ3v) is 3.13. The molecule has 2 aromatic rings. The zero-order valence-electron chi connectivity index (χ0n) is 11.5. The van der Waals surface area contributed by atoms with Crippen LogP contribution in [0.15, 0.2) is 42.5 Å². The predicted octanol–water partition coefficient (Wildman–Crippen LogP) is 3.12. The summed E-state index contributed by atoms with van der Waals surface area (Å²) in [5, 5.41) is 10.2. The average Bonchev–Trinajstić information content (AvgIpc) is 2.47. The van der Waals surface area contributed by atoms with Crippen molar-refractivity contribution in [3.63, 3.8) is 0 Å². The van der Waals surface area contributed by atoms with Crippen LogP contribution in [0.2, 0.25) is 0 Å². The number of aliphatic hydroxyl groups is 1. The van der Waals surface area contributed by atoms with Crippen LogP contribution in [0.3, 0.4) is 0 Å². The Balaban J connectivity index is 2.16. The summed E-state index contributed by atoms with van der Waals surface area (Å²) in [5.41, 5.74) is 1.14. The number of ether oxygens (including phenoxy) is 2. The summed E-state index contributed by atoms with van der Waals surface area (Å²) in [6.07, 6.45) is -0.589. The van der Waals surface area contributed by atoms with Crippen LogP contribution in [0.1, 0.15) is 17.2 Å². The van der Waals surface area contributed by atoms with E-state index in [2.05, 4.69) is 0 Å². The largest absolute Gasteiger partial charge is 0.497 e. The molecule has 0 fully saturated rings. The predicted molar refractivity (Wildman–Crippen MR) is 74.6 cm³/mol. The fourth-order valence-electron chi connectivity index (χ4n) is 2.04. The van der Waals surface area contributed by atoms with E-state index >= 15 is 0 Å². The number of hydrogen-bond acceptors (Lipinski definition) is 3. The molecule has 4 heteroatoms. The summed E-state index contributed by atoms with van der Waals surface area (Å²) < 4.78 is 23.9. The Kier molecular flexibility index (Phi) is 4.58. The Bertz CT molecular complexity index is 584. The molecule has 0 saturated heterocycles. The van der Waals surface area contributed by atoms with Crippen molar-refractivity contribution in [3.05, 3.63) is 59.4 Å². The number of halogens is 1. The van der Waals surface area contributed by atoms with Crippen LogP contribution in [-0.4, -0.2) is 19.3 Å². The zero-order valence-corrected chi connectivity index (χ0v) is 11.5. The van der Waals surface area contributed by atoms with Crippen molar-refractivity contribution < 1.29 is 19.0 Å². The van der Waals surface area contributed by atoms with Gasteiger partial charge in [0.05, 0.1) is 20.3 Å². The molecule has 0 bridgehead atoms. The lowest BCUT2D eigenvalue weighted by Gasteiger charge is -2.13. The molecule has 0 aliphatic heterocycles. The average molecular weight is 276 g/mol. The van der Waals surface area contributed by atoms with Gasteiger partial charge < -0.3 is 14.6 Å². The monoisotopic (exact) mass is 276 g/mol. The highest BCUT2D eigenvalue weighted by atomic mass is 19.1. The molecule has 0 saturated carbocycles. The maximum Gasteiger partial charge on any atom is 0.132 e. The molecule has 1 N–H and O–H groups in total. The molecule has 1 unspecified atom stereocenters. The van der Waals surface area contributed by atoms with Crippen LogP contribution in [-0.2, 0) is 6.42 Å². The van der Waals surface area contributed by atoms with Gasteiger partial charge in [0.25, 0.3) is 0 Å². The molecule has 0 radical (unpaired) electrons. The Morgan fingerprint density at radius 1 is 1.05 bits per heavy atom. The van der Waals surface area contributed by atoms with Crippen LogP contribution >= 0.6 is 0 Å². The fourth-order valence-corrected chi connectivity index (χ4v) is 2.04. The first-order chi connectivity index (χ1) is 9.63. The normalized spacial score (nSPS) is 12.0. The van der Waals surface area contributed by atoms with Gasteiger partial charge in [-0.25, -0.2) is 4.39 Å². The standard InChI is InChI=1S/C16H17FO3/c1-19-12-5-3-4-11(8-12)9-16(18)14-7-6-13(20-2)10-15(14)17/h3-8,10,16,18H,9H2,1-2H3. The number of rotatable bonds is 5. The van der Waals surface area contributed by atoms with Gasteiger partial charge in [-0.2, -0.15) is 0 Å². The van der Waals surface area contributed by atoms with Gasteiger partial charge in [-0.15, -0.1) is 0 Å². The minimum atomic E-state index is -0.909. The van der Waals surface area contributed by atoms with E-state index in [1.165, 1.54) is 13.2 Å². The Morgan fingerprint density at radius 3 is 2.40 bits per heavy atom. The van der Waals surface area contributed by atoms with E-state index in [-0.39, 0.29) is 5.56 Å². The Labute approximate surface area is 117 Å². The van der Waals surface area contributed by atoms with Gasteiger partial charge in [0, 0.05) is 18.1 Å². The van der Waals surface area contributed by atoms with Crippen molar-refractivity contribution in [1.29, 1.82) is 0 Å². The Hall–Kier alpha value is -2.07. The van der Waals surface area contributed by atoms with Crippen molar-refractivity contribution in [1.82, 2.24) is 0 Å². The number of methoxy groups -OCH3 is 2. The highest BCUT2D eigenvalue weighted by molar-refractivity contribution is 5.33. The molecule has 0 aliphatic carbocycles. The second kappa shape index (κ2) is 6.39. The van der Waals surface area contributed by atoms with E-state index in [4.69, 9.17) is 9.47 Å². The summed E-state index contributed by atoms with van der Waals surface area (Å²) >= 11 is 0. The van der Waals surface area contributed by atoms with Crippen LogP contribution in [0.5, 0.6) is 11.5 Å². The topological polar surface area (TPSA) is 38.7 Å². The van der Waals surface area contributed by atoms with Crippen molar-refractivity contribution >= 4 is 0 Å². The molecule has 20 heavy (non-hydrogen) atoms. The van der Waals surface area contributed by atoms with Crippen molar-refractivity contribution in [2.24, 2.45) is 0 Å². The van der Waals surface area contributed by atoms with Crippen molar-refractivity contribution in [2.75, 3.05) is 14.2 Å².